The second-order valence-electron chi connectivity index (χ2n) is 6.50. The number of aliphatic carboxylic acids is 1. The largest absolute Gasteiger partial charge is 0.527 e. The van der Waals surface area contributed by atoms with Crippen molar-refractivity contribution in [1.29, 1.82) is 0 Å². The highest BCUT2D eigenvalue weighted by atomic mass is 31.2. The maximum absolute atomic E-state index is 12.1. The molecule has 10 nitrogen and oxygen atoms in total. The van der Waals surface area contributed by atoms with Gasteiger partial charge in [0.25, 0.3) is 0 Å². The number of ether oxygens (including phenoxy) is 1. The fraction of sp³-hybridized carbons (Fsp3) is 0.733. The van der Waals surface area contributed by atoms with Crippen molar-refractivity contribution in [3.63, 3.8) is 0 Å². The minimum absolute atomic E-state index is 0.0572. The van der Waals surface area contributed by atoms with E-state index in [0.29, 0.717) is 0 Å². The number of nitrogens with one attached hydrogen (secondary N) is 2. The summed E-state index contributed by atoms with van der Waals surface area (Å²) in [6.45, 7) is 3.17. The molecule has 0 aromatic rings. The van der Waals surface area contributed by atoms with Gasteiger partial charge in [-0.3, -0.25) is 4.79 Å². The first kappa shape index (κ1) is 20.5. The van der Waals surface area contributed by atoms with Crippen molar-refractivity contribution in [2.24, 2.45) is 0 Å². The van der Waals surface area contributed by atoms with Crippen LogP contribution in [0.4, 0.5) is 0 Å². The maximum Gasteiger partial charge on any atom is 0.527 e. The quantitative estimate of drug-likeness (QED) is 0.342. The van der Waals surface area contributed by atoms with E-state index in [0.717, 1.165) is 25.7 Å². The van der Waals surface area contributed by atoms with Crippen molar-refractivity contribution in [2.75, 3.05) is 0 Å². The fourth-order valence-electron chi connectivity index (χ4n) is 2.85. The Morgan fingerprint density at radius 3 is 2.08 bits per heavy atom. The zero-order valence-corrected chi connectivity index (χ0v) is 15.6. The van der Waals surface area contributed by atoms with Crippen LogP contribution in [0, 0.1) is 0 Å². The van der Waals surface area contributed by atoms with Gasteiger partial charge in [0, 0.05) is 0 Å². The Labute approximate surface area is 151 Å². The summed E-state index contributed by atoms with van der Waals surface area (Å²) in [5.41, 5.74) is 0. The molecule has 146 valence electrons. The monoisotopic (exact) mass is 391 g/mol. The first-order valence-electron chi connectivity index (χ1n) is 8.54. The van der Waals surface area contributed by atoms with Crippen LogP contribution in [0.15, 0.2) is 0 Å². The zero-order valence-electron chi connectivity index (χ0n) is 14.7. The van der Waals surface area contributed by atoms with E-state index in [4.69, 9.17) is 18.9 Å². The highest BCUT2D eigenvalue weighted by Gasteiger charge is 2.61. The van der Waals surface area contributed by atoms with Crippen LogP contribution in [-0.2, 0) is 33.0 Å². The highest BCUT2D eigenvalue weighted by molar-refractivity contribution is 7.63. The average molecular weight is 391 g/mol. The lowest BCUT2D eigenvalue weighted by Gasteiger charge is -2.19. The van der Waals surface area contributed by atoms with Gasteiger partial charge in [-0.25, -0.2) is 23.4 Å². The lowest BCUT2D eigenvalue weighted by atomic mass is 9.92. The van der Waals surface area contributed by atoms with Crippen LogP contribution < -0.4 is 10.2 Å². The Bertz CT molecular complexity index is 568. The van der Waals surface area contributed by atoms with Gasteiger partial charge >= 0.3 is 31.9 Å². The first-order valence-corrected chi connectivity index (χ1v) is 10.2. The first-order chi connectivity index (χ1) is 12.2. The van der Waals surface area contributed by atoms with E-state index in [1.54, 1.807) is 13.8 Å². The molecule has 3 N–H and O–H groups in total. The van der Waals surface area contributed by atoms with Gasteiger partial charge in [0.15, 0.2) is 0 Å². The second-order valence-corrected chi connectivity index (χ2v) is 8.48. The van der Waals surface area contributed by atoms with E-state index in [2.05, 4.69) is 10.2 Å². The van der Waals surface area contributed by atoms with Crippen LogP contribution in [0.1, 0.15) is 52.4 Å². The number of rotatable bonds is 6. The van der Waals surface area contributed by atoms with Crippen molar-refractivity contribution in [2.45, 2.75) is 70.6 Å². The molecule has 0 aromatic carbocycles. The molecule has 0 bridgehead atoms. The van der Waals surface area contributed by atoms with E-state index in [9.17, 15) is 19.2 Å². The smallest absolute Gasteiger partial charge is 0.481 e. The Kier molecular flexibility index (Phi) is 6.91. The number of carboxylic acids is 1. The molecule has 0 amide bonds. The molecule has 2 fully saturated rings. The van der Waals surface area contributed by atoms with E-state index < -0.39 is 44.4 Å². The van der Waals surface area contributed by atoms with Gasteiger partial charge in [0.2, 0.25) is 0 Å². The van der Waals surface area contributed by atoms with Crippen LogP contribution in [-0.4, -0.2) is 47.2 Å². The molecule has 2 rings (SSSR count). The van der Waals surface area contributed by atoms with Crippen molar-refractivity contribution in [3.8, 4) is 0 Å². The van der Waals surface area contributed by atoms with Crippen molar-refractivity contribution in [3.05, 3.63) is 0 Å². The summed E-state index contributed by atoms with van der Waals surface area (Å²) in [6.07, 6.45) is 2.28. The summed E-state index contributed by atoms with van der Waals surface area (Å²) in [6, 6.07) is -0.114. The summed E-state index contributed by atoms with van der Waals surface area (Å²) in [5.74, 6) is -4.42. The van der Waals surface area contributed by atoms with Gasteiger partial charge in [-0.15, -0.1) is 10.2 Å². The number of esters is 1. The topological polar surface area (TPSA) is 140 Å². The molecule has 11 heteroatoms. The van der Waals surface area contributed by atoms with Crippen LogP contribution >= 0.6 is 8.02 Å². The third kappa shape index (κ3) is 5.62. The van der Waals surface area contributed by atoms with Crippen LogP contribution in [0.5, 0.6) is 0 Å². The molecule has 0 spiro atoms. The minimum Gasteiger partial charge on any atom is -0.481 e. The summed E-state index contributed by atoms with van der Waals surface area (Å²) in [5, 5.41) is 14.7. The summed E-state index contributed by atoms with van der Waals surface area (Å²) in [7, 11) is -3.41. The highest BCUT2D eigenvalue weighted by Crippen LogP contribution is 2.59. The predicted octanol–water partition coefficient (Wildman–Crippen LogP) is 1.07. The number of hydrogen-bond donors (Lipinski definition) is 3. The van der Waals surface area contributed by atoms with Crippen molar-refractivity contribution in [1.82, 2.24) is 10.2 Å². The Hall–Kier alpha value is -1.77. The molecule has 26 heavy (non-hydrogen) atoms. The third-order valence-corrected chi connectivity index (χ3v) is 6.16. The maximum atomic E-state index is 12.1. The standard InChI is InChI=1S/C15H23N2O8P/c1-9(2)23-14(21)15(22)25-26(24-13(20)8-7-12(18)19)16-10-5-3-4-6-11(10)17-26/h9-11,16-17H,3-8H2,1-2H3/p+1. The molecule has 2 atom stereocenters. The summed E-state index contributed by atoms with van der Waals surface area (Å²) < 4.78 is 15.3. The van der Waals surface area contributed by atoms with E-state index in [1.807, 2.05) is 0 Å². The summed E-state index contributed by atoms with van der Waals surface area (Å²) >= 11 is 0. The lowest BCUT2D eigenvalue weighted by molar-refractivity contribution is -0.165. The van der Waals surface area contributed by atoms with Gasteiger partial charge in [0.05, 0.1) is 31.0 Å². The Morgan fingerprint density at radius 1 is 1.00 bits per heavy atom. The number of fused-ring (bicyclic) bond motifs is 1. The lowest BCUT2D eigenvalue weighted by Crippen LogP contribution is -2.36. The van der Waals surface area contributed by atoms with Crippen LogP contribution in [0.3, 0.4) is 0 Å². The predicted molar refractivity (Wildman–Crippen MR) is 89.5 cm³/mol. The van der Waals surface area contributed by atoms with Gasteiger partial charge in [-0.2, -0.15) is 0 Å². The van der Waals surface area contributed by atoms with E-state index in [1.165, 1.54) is 0 Å². The molecule has 2 aliphatic rings. The van der Waals surface area contributed by atoms with Crippen LogP contribution in [0.2, 0.25) is 0 Å². The normalized spacial score (nSPS) is 27.5. The molecular formula is C15H24N2O8P+. The number of carboxylic acid groups (broad SMARTS) is 1. The molecule has 1 saturated heterocycles. The Balaban J connectivity index is 2.09. The van der Waals surface area contributed by atoms with Crippen molar-refractivity contribution >= 4 is 31.9 Å². The SMILES string of the molecule is CC(C)OC(=O)C(=O)O[P+]1(OC(=O)CCC(=O)O)NC2CCCCC2N1. The van der Waals surface area contributed by atoms with Gasteiger partial charge in [-0.1, -0.05) is 12.8 Å². The van der Waals surface area contributed by atoms with Gasteiger partial charge < -0.3 is 9.84 Å². The molecule has 0 radical (unpaired) electrons. The van der Waals surface area contributed by atoms with Crippen LogP contribution in [0.25, 0.3) is 0 Å². The molecular weight excluding hydrogens is 367 g/mol. The average Bonchev–Trinajstić information content (AvgIpc) is 2.89. The second kappa shape index (κ2) is 8.75. The zero-order chi connectivity index (χ0) is 19.3. The molecule has 1 aliphatic heterocycles. The van der Waals surface area contributed by atoms with E-state index >= 15 is 0 Å². The van der Waals surface area contributed by atoms with E-state index in [-0.39, 0.29) is 18.5 Å². The molecule has 1 saturated carbocycles. The van der Waals surface area contributed by atoms with Gasteiger partial charge in [0.1, 0.15) is 0 Å². The minimum atomic E-state index is -3.41. The molecule has 1 heterocycles. The van der Waals surface area contributed by atoms with Gasteiger partial charge in [-0.05, 0) is 26.7 Å². The summed E-state index contributed by atoms with van der Waals surface area (Å²) in [4.78, 5) is 46.4. The molecule has 0 aromatic heterocycles. The molecule has 1 aliphatic carbocycles. The molecule has 2 unspecified atom stereocenters. The number of hydrogen-bond acceptors (Lipinski definition) is 9. The Morgan fingerprint density at radius 2 is 1.58 bits per heavy atom. The van der Waals surface area contributed by atoms with Crippen molar-refractivity contribution < 1.29 is 38.1 Å². The third-order valence-electron chi connectivity index (χ3n) is 3.93. The number of carbonyl (C=O) groups is 4. The number of carbonyl (C=O) groups excluding carboxylic acids is 3. The fourth-order valence-corrected chi connectivity index (χ4v) is 5.35.